The van der Waals surface area contributed by atoms with Crippen LogP contribution in [0.3, 0.4) is 0 Å². The van der Waals surface area contributed by atoms with E-state index in [1.54, 1.807) is 0 Å². The number of ether oxygens (including phenoxy) is 1. The lowest BCUT2D eigenvalue weighted by Gasteiger charge is -2.52. The van der Waals surface area contributed by atoms with Gasteiger partial charge in [-0.1, -0.05) is 0 Å². The molecule has 3 atom stereocenters. The van der Waals surface area contributed by atoms with Crippen molar-refractivity contribution in [3.8, 4) is 0 Å². The van der Waals surface area contributed by atoms with Crippen LogP contribution in [-0.2, 0) is 14.3 Å². The van der Waals surface area contributed by atoms with Crippen LogP contribution in [0.5, 0.6) is 0 Å². The van der Waals surface area contributed by atoms with E-state index in [0.717, 1.165) is 0 Å². The predicted molar refractivity (Wildman–Crippen MR) is 40.2 cm³/mol. The standard InChI is InChI=1S/C8H6F6O3/c1-3(16)17-4(2-15)6(10)5(9)7(11,12)8(6,13)14/h2,4-5H,1H3. The lowest BCUT2D eigenvalue weighted by atomic mass is 9.68. The summed E-state index contributed by atoms with van der Waals surface area (Å²) in [6.07, 6.45) is -7.51. The summed E-state index contributed by atoms with van der Waals surface area (Å²) in [5, 5.41) is 0. The number of esters is 1. The third kappa shape index (κ3) is 1.44. The Labute approximate surface area is 90.7 Å². The number of hydrogen-bond donors (Lipinski definition) is 0. The molecule has 9 heteroatoms. The summed E-state index contributed by atoms with van der Waals surface area (Å²) in [5.74, 6) is -12.1. The second kappa shape index (κ2) is 3.61. The Morgan fingerprint density at radius 2 is 1.76 bits per heavy atom. The van der Waals surface area contributed by atoms with Crippen LogP contribution in [-0.4, -0.2) is 42.0 Å². The zero-order valence-electron chi connectivity index (χ0n) is 8.22. The van der Waals surface area contributed by atoms with Crippen molar-refractivity contribution in [3.63, 3.8) is 0 Å². The lowest BCUT2D eigenvalue weighted by Crippen LogP contribution is -2.82. The average Bonchev–Trinajstić information content (AvgIpc) is 2.22. The summed E-state index contributed by atoms with van der Waals surface area (Å²) in [5.41, 5.74) is -4.55. The monoisotopic (exact) mass is 264 g/mol. The van der Waals surface area contributed by atoms with Crippen LogP contribution < -0.4 is 0 Å². The minimum Gasteiger partial charge on any atom is -0.451 e. The van der Waals surface area contributed by atoms with Gasteiger partial charge in [0.15, 0.2) is 12.4 Å². The van der Waals surface area contributed by atoms with Gasteiger partial charge in [0.25, 0.3) is 5.67 Å². The molecule has 98 valence electrons. The minimum absolute atomic E-state index is 0.627. The number of rotatable bonds is 3. The van der Waals surface area contributed by atoms with Crippen LogP contribution in [0.1, 0.15) is 6.92 Å². The van der Waals surface area contributed by atoms with Crippen LogP contribution in [0, 0.1) is 0 Å². The Kier molecular flexibility index (Phi) is 2.92. The minimum atomic E-state index is -5.43. The van der Waals surface area contributed by atoms with E-state index in [-0.39, 0.29) is 0 Å². The quantitative estimate of drug-likeness (QED) is 0.440. The van der Waals surface area contributed by atoms with Crippen molar-refractivity contribution in [1.82, 2.24) is 0 Å². The van der Waals surface area contributed by atoms with Gasteiger partial charge in [-0.2, -0.15) is 17.6 Å². The van der Waals surface area contributed by atoms with E-state index in [1.807, 2.05) is 0 Å². The summed E-state index contributed by atoms with van der Waals surface area (Å²) >= 11 is 0. The van der Waals surface area contributed by atoms with Gasteiger partial charge in [0, 0.05) is 6.92 Å². The van der Waals surface area contributed by atoms with E-state index in [4.69, 9.17) is 0 Å². The Bertz CT molecular complexity index is 357. The van der Waals surface area contributed by atoms with Gasteiger partial charge in [-0.3, -0.25) is 9.59 Å². The fraction of sp³-hybridized carbons (Fsp3) is 0.750. The Morgan fingerprint density at radius 1 is 1.29 bits per heavy atom. The Morgan fingerprint density at radius 3 is 2.06 bits per heavy atom. The summed E-state index contributed by atoms with van der Waals surface area (Å²) in [6, 6.07) is 0. The summed E-state index contributed by atoms with van der Waals surface area (Å²) < 4.78 is 80.4. The smallest absolute Gasteiger partial charge is 0.353 e. The molecule has 1 aliphatic carbocycles. The van der Waals surface area contributed by atoms with Gasteiger partial charge in [0.05, 0.1) is 0 Å². The first-order chi connectivity index (χ1) is 7.53. The topological polar surface area (TPSA) is 43.4 Å². The number of carbonyl (C=O) groups is 2. The largest absolute Gasteiger partial charge is 0.451 e. The molecule has 0 bridgehead atoms. The van der Waals surface area contributed by atoms with Crippen molar-refractivity contribution in [2.75, 3.05) is 0 Å². The van der Waals surface area contributed by atoms with E-state index < -0.39 is 42.0 Å². The van der Waals surface area contributed by atoms with E-state index in [1.165, 1.54) is 0 Å². The van der Waals surface area contributed by atoms with Gasteiger partial charge in [-0.05, 0) is 0 Å². The first kappa shape index (κ1) is 13.8. The molecule has 3 unspecified atom stereocenters. The van der Waals surface area contributed by atoms with Crippen molar-refractivity contribution < 1.29 is 40.7 Å². The number of halogens is 6. The maximum Gasteiger partial charge on any atom is 0.353 e. The molecule has 0 aliphatic heterocycles. The molecule has 0 aromatic carbocycles. The zero-order valence-corrected chi connectivity index (χ0v) is 8.22. The molecule has 1 fully saturated rings. The van der Waals surface area contributed by atoms with E-state index in [2.05, 4.69) is 4.74 Å². The Balaban J connectivity index is 3.10. The number of carbonyl (C=O) groups excluding carboxylic acids is 2. The third-order valence-corrected chi connectivity index (χ3v) is 2.42. The summed E-state index contributed by atoms with van der Waals surface area (Å²) in [7, 11) is 0. The van der Waals surface area contributed by atoms with E-state index >= 15 is 0 Å². The van der Waals surface area contributed by atoms with Gasteiger partial charge in [-0.15, -0.1) is 0 Å². The van der Waals surface area contributed by atoms with Crippen molar-refractivity contribution in [1.29, 1.82) is 0 Å². The van der Waals surface area contributed by atoms with Gasteiger partial charge >= 0.3 is 17.8 Å². The second-order valence-electron chi connectivity index (χ2n) is 3.49. The van der Waals surface area contributed by atoms with Gasteiger partial charge < -0.3 is 4.74 Å². The maximum atomic E-state index is 13.5. The van der Waals surface area contributed by atoms with Crippen LogP contribution in [0.4, 0.5) is 26.3 Å². The molecule has 0 radical (unpaired) electrons. The van der Waals surface area contributed by atoms with Crippen molar-refractivity contribution in [2.45, 2.75) is 36.7 Å². The molecule has 0 amide bonds. The fourth-order valence-corrected chi connectivity index (χ4v) is 1.47. The Hall–Kier alpha value is -1.28. The molecule has 3 nitrogen and oxygen atoms in total. The molecular weight excluding hydrogens is 258 g/mol. The van der Waals surface area contributed by atoms with Crippen LogP contribution >= 0.6 is 0 Å². The molecule has 1 rings (SSSR count). The number of hydrogen-bond acceptors (Lipinski definition) is 3. The lowest BCUT2D eigenvalue weighted by molar-refractivity contribution is -0.406. The second-order valence-corrected chi connectivity index (χ2v) is 3.49. The molecule has 17 heavy (non-hydrogen) atoms. The van der Waals surface area contributed by atoms with Crippen LogP contribution in [0.15, 0.2) is 0 Å². The first-order valence-electron chi connectivity index (χ1n) is 4.24. The molecule has 0 saturated heterocycles. The van der Waals surface area contributed by atoms with Gasteiger partial charge in [0.1, 0.15) is 0 Å². The zero-order chi connectivity index (χ0) is 13.6. The molecule has 0 N–H and O–H groups in total. The molecule has 1 saturated carbocycles. The maximum absolute atomic E-state index is 13.5. The predicted octanol–water partition coefficient (Wildman–Crippen LogP) is 1.45. The summed E-state index contributed by atoms with van der Waals surface area (Å²) in [4.78, 5) is 20.6. The molecule has 0 aromatic heterocycles. The van der Waals surface area contributed by atoms with Gasteiger partial charge in [-0.25, -0.2) is 8.78 Å². The molecule has 0 aromatic rings. The van der Waals surface area contributed by atoms with E-state index in [9.17, 15) is 35.9 Å². The number of aldehydes is 1. The molecule has 0 spiro atoms. The normalized spacial score (nSPS) is 35.6. The van der Waals surface area contributed by atoms with E-state index in [0.29, 0.717) is 6.92 Å². The molecule has 1 aliphatic rings. The van der Waals surface area contributed by atoms with Crippen LogP contribution in [0.2, 0.25) is 0 Å². The van der Waals surface area contributed by atoms with Gasteiger partial charge in [0.2, 0.25) is 6.17 Å². The SMILES string of the molecule is CC(=O)OC(C=O)C1(F)C(F)C(F)(F)C1(F)F. The van der Waals surface area contributed by atoms with Crippen molar-refractivity contribution in [2.24, 2.45) is 0 Å². The van der Waals surface area contributed by atoms with Crippen LogP contribution in [0.25, 0.3) is 0 Å². The fourth-order valence-electron chi connectivity index (χ4n) is 1.47. The highest BCUT2D eigenvalue weighted by atomic mass is 19.3. The third-order valence-electron chi connectivity index (χ3n) is 2.42. The van der Waals surface area contributed by atoms with Crippen molar-refractivity contribution in [3.05, 3.63) is 0 Å². The average molecular weight is 264 g/mol. The molecule has 0 heterocycles. The highest BCUT2D eigenvalue weighted by molar-refractivity contribution is 5.71. The number of alkyl halides is 6. The summed E-state index contributed by atoms with van der Waals surface area (Å²) in [6.45, 7) is 0.627. The molecular formula is C8H6F6O3. The highest BCUT2D eigenvalue weighted by Crippen LogP contribution is 2.62. The van der Waals surface area contributed by atoms with Crippen molar-refractivity contribution >= 4 is 12.3 Å². The first-order valence-corrected chi connectivity index (χ1v) is 4.24. The highest BCUT2D eigenvalue weighted by Gasteiger charge is 2.92.